The van der Waals surface area contributed by atoms with Crippen LogP contribution in [0.4, 0.5) is 5.82 Å². The number of rotatable bonds is 4. The molecule has 2 rings (SSSR count). The number of halogens is 3. The van der Waals surface area contributed by atoms with Crippen molar-refractivity contribution in [3.05, 3.63) is 45.3 Å². The first-order valence-corrected chi connectivity index (χ1v) is 6.92. The molecule has 0 saturated heterocycles. The second kappa shape index (κ2) is 6.48. The summed E-state index contributed by atoms with van der Waals surface area (Å²) >= 11 is 17.9. The van der Waals surface area contributed by atoms with Crippen molar-refractivity contribution in [3.63, 3.8) is 0 Å². The van der Waals surface area contributed by atoms with Crippen LogP contribution in [0.1, 0.15) is 18.5 Å². The van der Waals surface area contributed by atoms with Crippen molar-refractivity contribution >= 4 is 40.6 Å². The second-order valence-electron chi connectivity index (χ2n) is 4.09. The first-order chi connectivity index (χ1) is 9.51. The molecule has 7 heteroatoms. The van der Waals surface area contributed by atoms with Crippen molar-refractivity contribution in [2.75, 3.05) is 12.4 Å². The Hall–Kier alpha value is -1.23. The Morgan fingerprint density at radius 1 is 1.25 bits per heavy atom. The maximum atomic E-state index is 6.18. The van der Waals surface area contributed by atoms with Gasteiger partial charge < -0.3 is 10.1 Å². The molecule has 0 aliphatic rings. The van der Waals surface area contributed by atoms with Crippen molar-refractivity contribution in [2.24, 2.45) is 0 Å². The summed E-state index contributed by atoms with van der Waals surface area (Å²) in [6.45, 7) is 1.95. The average Bonchev–Trinajstić information content (AvgIpc) is 2.38. The number of aromatic nitrogens is 2. The predicted octanol–water partition coefficient (Wildman–Crippen LogP) is 4.62. The highest BCUT2D eigenvalue weighted by molar-refractivity contribution is 6.35. The molecule has 0 fully saturated rings. The number of anilines is 1. The van der Waals surface area contributed by atoms with Crippen molar-refractivity contribution in [1.82, 2.24) is 9.97 Å². The van der Waals surface area contributed by atoms with Crippen LogP contribution >= 0.6 is 34.8 Å². The standard InChI is InChI=1S/C13H12Cl3N3O/c1-7(9-4-3-8(14)5-10(9)15)18-12-11(20-2)6-17-13(16)19-12/h3-7H,1-2H3,(H,17,18,19)/t7-/m1/s1. The number of nitrogens with one attached hydrogen (secondary N) is 1. The van der Waals surface area contributed by atoms with E-state index in [1.807, 2.05) is 13.0 Å². The fourth-order valence-corrected chi connectivity index (χ4v) is 2.44. The van der Waals surface area contributed by atoms with Gasteiger partial charge in [0, 0.05) is 10.0 Å². The topological polar surface area (TPSA) is 47.0 Å². The predicted molar refractivity (Wildman–Crippen MR) is 82.1 cm³/mol. The molecule has 0 bridgehead atoms. The van der Waals surface area contributed by atoms with Crippen LogP contribution in [-0.2, 0) is 0 Å². The van der Waals surface area contributed by atoms with Crippen LogP contribution in [0.25, 0.3) is 0 Å². The number of benzene rings is 1. The SMILES string of the molecule is COc1cnc(Cl)nc1N[C@H](C)c1ccc(Cl)cc1Cl. The molecule has 106 valence electrons. The van der Waals surface area contributed by atoms with Crippen molar-refractivity contribution in [3.8, 4) is 5.75 Å². The molecule has 0 aliphatic heterocycles. The van der Waals surface area contributed by atoms with Crippen LogP contribution in [0.3, 0.4) is 0 Å². The summed E-state index contributed by atoms with van der Waals surface area (Å²) in [5.41, 5.74) is 0.896. The first kappa shape index (κ1) is 15.2. The molecular weight excluding hydrogens is 321 g/mol. The number of hydrogen-bond acceptors (Lipinski definition) is 4. The summed E-state index contributed by atoms with van der Waals surface area (Å²) in [5.74, 6) is 1.01. The highest BCUT2D eigenvalue weighted by Gasteiger charge is 2.14. The third kappa shape index (κ3) is 3.45. The van der Waals surface area contributed by atoms with Crippen LogP contribution in [0, 0.1) is 0 Å². The molecule has 0 radical (unpaired) electrons. The average molecular weight is 333 g/mol. The van der Waals surface area contributed by atoms with E-state index in [1.165, 1.54) is 13.3 Å². The Bertz CT molecular complexity index is 622. The van der Waals surface area contributed by atoms with Crippen LogP contribution < -0.4 is 10.1 Å². The highest BCUT2D eigenvalue weighted by Crippen LogP contribution is 2.30. The quantitative estimate of drug-likeness (QED) is 0.830. The summed E-state index contributed by atoms with van der Waals surface area (Å²) in [6, 6.07) is 5.24. The van der Waals surface area contributed by atoms with Gasteiger partial charge in [-0.05, 0) is 36.2 Å². The lowest BCUT2D eigenvalue weighted by atomic mass is 10.1. The number of hydrogen-bond donors (Lipinski definition) is 1. The molecule has 1 atom stereocenters. The minimum Gasteiger partial charge on any atom is -0.491 e. The van der Waals surface area contributed by atoms with E-state index < -0.39 is 0 Å². The lowest BCUT2D eigenvalue weighted by Gasteiger charge is -2.18. The Kier molecular flexibility index (Phi) is 4.91. The monoisotopic (exact) mass is 331 g/mol. The maximum Gasteiger partial charge on any atom is 0.224 e. The maximum absolute atomic E-state index is 6.18. The molecule has 1 heterocycles. The van der Waals surface area contributed by atoms with Gasteiger partial charge >= 0.3 is 0 Å². The van der Waals surface area contributed by atoms with Gasteiger partial charge in [0.25, 0.3) is 0 Å². The van der Waals surface area contributed by atoms with E-state index in [4.69, 9.17) is 39.5 Å². The lowest BCUT2D eigenvalue weighted by Crippen LogP contribution is -2.10. The molecule has 0 spiro atoms. The van der Waals surface area contributed by atoms with Crippen molar-refractivity contribution in [1.29, 1.82) is 0 Å². The van der Waals surface area contributed by atoms with Crippen molar-refractivity contribution < 1.29 is 4.74 Å². The van der Waals surface area contributed by atoms with E-state index in [0.717, 1.165) is 5.56 Å². The summed E-state index contributed by atoms with van der Waals surface area (Å²) in [4.78, 5) is 7.97. The Balaban J connectivity index is 2.27. The van der Waals surface area contributed by atoms with Crippen LogP contribution in [-0.4, -0.2) is 17.1 Å². The van der Waals surface area contributed by atoms with E-state index in [2.05, 4.69) is 15.3 Å². The summed E-state index contributed by atoms with van der Waals surface area (Å²) in [6.07, 6.45) is 1.51. The lowest BCUT2D eigenvalue weighted by molar-refractivity contribution is 0.412. The molecule has 1 aromatic heterocycles. The van der Waals surface area contributed by atoms with E-state index >= 15 is 0 Å². The molecule has 1 N–H and O–H groups in total. The van der Waals surface area contributed by atoms with E-state index in [1.54, 1.807) is 12.1 Å². The number of ether oxygens (including phenoxy) is 1. The summed E-state index contributed by atoms with van der Waals surface area (Å²) in [5, 5.41) is 4.50. The first-order valence-electron chi connectivity index (χ1n) is 5.79. The van der Waals surface area contributed by atoms with Gasteiger partial charge in [0.1, 0.15) is 0 Å². The molecule has 0 saturated carbocycles. The second-order valence-corrected chi connectivity index (χ2v) is 5.27. The normalized spacial score (nSPS) is 12.1. The summed E-state index contributed by atoms with van der Waals surface area (Å²) in [7, 11) is 1.54. The zero-order chi connectivity index (χ0) is 14.7. The molecular formula is C13H12Cl3N3O. The molecule has 20 heavy (non-hydrogen) atoms. The van der Waals surface area contributed by atoms with E-state index in [0.29, 0.717) is 21.6 Å². The van der Waals surface area contributed by atoms with Crippen LogP contribution in [0.15, 0.2) is 24.4 Å². The smallest absolute Gasteiger partial charge is 0.224 e. The molecule has 1 aromatic carbocycles. The van der Waals surface area contributed by atoms with Gasteiger partial charge in [-0.25, -0.2) is 4.98 Å². The largest absolute Gasteiger partial charge is 0.491 e. The third-order valence-corrected chi connectivity index (χ3v) is 3.47. The molecule has 0 unspecified atom stereocenters. The van der Waals surface area contributed by atoms with Gasteiger partial charge in [0.05, 0.1) is 19.3 Å². The minimum absolute atomic E-state index is 0.0976. The van der Waals surface area contributed by atoms with Gasteiger partial charge in [-0.3, -0.25) is 0 Å². The molecule has 2 aromatic rings. The zero-order valence-electron chi connectivity index (χ0n) is 10.8. The van der Waals surface area contributed by atoms with E-state index in [9.17, 15) is 0 Å². The fourth-order valence-electron chi connectivity index (χ4n) is 1.74. The fraction of sp³-hybridized carbons (Fsp3) is 0.231. The Morgan fingerprint density at radius 3 is 2.65 bits per heavy atom. The molecule has 0 amide bonds. The highest BCUT2D eigenvalue weighted by atomic mass is 35.5. The number of methoxy groups -OCH3 is 1. The van der Waals surface area contributed by atoms with Gasteiger partial charge in [0.15, 0.2) is 11.6 Å². The Labute approximate surface area is 132 Å². The Morgan fingerprint density at radius 2 is 2.00 bits per heavy atom. The molecule has 0 aliphatic carbocycles. The van der Waals surface area contributed by atoms with Gasteiger partial charge in [-0.2, -0.15) is 4.98 Å². The van der Waals surface area contributed by atoms with Gasteiger partial charge in [0.2, 0.25) is 5.28 Å². The zero-order valence-corrected chi connectivity index (χ0v) is 13.1. The minimum atomic E-state index is -0.0976. The third-order valence-electron chi connectivity index (χ3n) is 2.73. The number of nitrogens with zero attached hydrogens (tertiary/aromatic N) is 2. The molecule has 4 nitrogen and oxygen atoms in total. The van der Waals surface area contributed by atoms with Crippen LogP contribution in [0.2, 0.25) is 15.3 Å². The van der Waals surface area contributed by atoms with Gasteiger partial charge in [-0.1, -0.05) is 29.3 Å². The van der Waals surface area contributed by atoms with Crippen molar-refractivity contribution in [2.45, 2.75) is 13.0 Å². The summed E-state index contributed by atoms with van der Waals surface area (Å²) < 4.78 is 5.19. The van der Waals surface area contributed by atoms with Gasteiger partial charge in [-0.15, -0.1) is 0 Å². The van der Waals surface area contributed by atoms with Crippen LogP contribution in [0.5, 0.6) is 5.75 Å². The van der Waals surface area contributed by atoms with E-state index in [-0.39, 0.29) is 11.3 Å².